The first-order chi connectivity index (χ1) is 16.9. The van der Waals surface area contributed by atoms with Gasteiger partial charge in [0.05, 0.1) is 18.1 Å². The normalized spacial score (nSPS) is 14.3. The third-order valence-corrected chi connectivity index (χ3v) is 7.78. The van der Waals surface area contributed by atoms with Gasteiger partial charge < -0.3 is 19.5 Å². The zero-order valence-electron chi connectivity index (χ0n) is 20.5. The van der Waals surface area contributed by atoms with Crippen LogP contribution in [-0.2, 0) is 16.6 Å². The van der Waals surface area contributed by atoms with E-state index in [0.29, 0.717) is 31.2 Å². The van der Waals surface area contributed by atoms with E-state index in [1.165, 1.54) is 11.3 Å². The van der Waals surface area contributed by atoms with Crippen LogP contribution in [0.2, 0.25) is 0 Å². The predicted molar refractivity (Wildman–Crippen MR) is 139 cm³/mol. The minimum atomic E-state index is -0.0795. The molecule has 2 amide bonds. The van der Waals surface area contributed by atoms with E-state index in [1.807, 2.05) is 31.3 Å². The van der Waals surface area contributed by atoms with Crippen molar-refractivity contribution in [2.45, 2.75) is 13.3 Å². The summed E-state index contributed by atoms with van der Waals surface area (Å²) >= 11 is 1.49. The van der Waals surface area contributed by atoms with E-state index in [2.05, 4.69) is 16.3 Å². The van der Waals surface area contributed by atoms with Crippen molar-refractivity contribution in [3.8, 4) is 11.1 Å². The first-order valence-electron chi connectivity index (χ1n) is 11.9. The number of carbonyl (C=O) groups is 2. The minimum absolute atomic E-state index is 0.0375. The van der Waals surface area contributed by atoms with Gasteiger partial charge in [0.25, 0.3) is 5.91 Å². The summed E-state index contributed by atoms with van der Waals surface area (Å²) in [7, 11) is 3.35. The van der Waals surface area contributed by atoms with E-state index in [4.69, 9.17) is 4.74 Å². The Bertz CT molecular complexity index is 1280. The number of carbonyl (C=O) groups excluding carboxylic acids is 2. The Kier molecular flexibility index (Phi) is 8.00. The van der Waals surface area contributed by atoms with E-state index < -0.39 is 0 Å². The highest BCUT2D eigenvalue weighted by atomic mass is 32.1. The number of fused-ring (bicyclic) bond motifs is 1. The van der Waals surface area contributed by atoms with Crippen molar-refractivity contribution < 1.29 is 14.3 Å². The second-order valence-corrected chi connectivity index (χ2v) is 9.86. The van der Waals surface area contributed by atoms with Gasteiger partial charge in [-0.3, -0.25) is 19.3 Å². The number of nitrogens with zero attached hydrogens (tertiary/aromatic N) is 3. The van der Waals surface area contributed by atoms with Crippen LogP contribution in [0.4, 0.5) is 0 Å². The smallest absolute Gasteiger partial charge is 0.264 e. The molecule has 0 aliphatic carbocycles. The number of aryl methyl sites for hydroxylation is 2. The number of hydrogen-bond acceptors (Lipinski definition) is 6. The fourth-order valence-electron chi connectivity index (χ4n) is 4.28. The largest absolute Gasteiger partial charge is 0.379 e. The second kappa shape index (κ2) is 11.2. The van der Waals surface area contributed by atoms with Gasteiger partial charge >= 0.3 is 0 Å². The Hall–Kier alpha value is -3.01. The molecule has 1 aliphatic heterocycles. The molecule has 1 aliphatic rings. The zero-order valence-corrected chi connectivity index (χ0v) is 21.3. The Balaban J connectivity index is 1.59. The van der Waals surface area contributed by atoms with Gasteiger partial charge in [0, 0.05) is 70.2 Å². The molecule has 0 unspecified atom stereocenters. The van der Waals surface area contributed by atoms with Crippen molar-refractivity contribution in [2.75, 3.05) is 53.0 Å². The topological polar surface area (TPSA) is 83.9 Å². The summed E-state index contributed by atoms with van der Waals surface area (Å²) in [5, 5.41) is 3.68. The molecule has 0 saturated carbocycles. The number of ether oxygens (including phenoxy) is 1. The monoisotopic (exact) mass is 496 g/mol. The number of hydrogen-bond donors (Lipinski definition) is 1. The molecule has 4 rings (SSSR count). The Morgan fingerprint density at radius 3 is 2.57 bits per heavy atom. The van der Waals surface area contributed by atoms with Crippen molar-refractivity contribution in [3.63, 3.8) is 0 Å². The molecule has 8 nitrogen and oxygen atoms in total. The lowest BCUT2D eigenvalue weighted by Crippen LogP contribution is -2.44. The summed E-state index contributed by atoms with van der Waals surface area (Å²) in [6, 6.07) is 9.53. The van der Waals surface area contributed by atoms with Gasteiger partial charge in [-0.15, -0.1) is 11.3 Å². The minimum Gasteiger partial charge on any atom is -0.379 e. The molecule has 0 atom stereocenters. The van der Waals surface area contributed by atoms with E-state index >= 15 is 0 Å². The molecule has 0 radical (unpaired) electrons. The highest BCUT2D eigenvalue weighted by Gasteiger charge is 2.23. The molecule has 35 heavy (non-hydrogen) atoms. The molecule has 186 valence electrons. The molecule has 1 fully saturated rings. The quantitative estimate of drug-likeness (QED) is 0.518. The van der Waals surface area contributed by atoms with E-state index in [9.17, 15) is 14.4 Å². The maximum Gasteiger partial charge on any atom is 0.264 e. The fraction of sp³-hybridized carbons (Fsp3) is 0.423. The number of rotatable bonds is 8. The Morgan fingerprint density at radius 2 is 1.86 bits per heavy atom. The van der Waals surface area contributed by atoms with Crippen LogP contribution in [0, 0.1) is 6.92 Å². The molecule has 1 saturated heterocycles. The summed E-state index contributed by atoms with van der Waals surface area (Å²) in [5.74, 6) is -0.117. The van der Waals surface area contributed by atoms with Crippen LogP contribution in [-0.4, -0.2) is 79.2 Å². The van der Waals surface area contributed by atoms with E-state index in [1.54, 1.807) is 29.6 Å². The molecular formula is C26H32N4O4S. The van der Waals surface area contributed by atoms with E-state index in [0.717, 1.165) is 46.4 Å². The number of benzene rings is 1. The van der Waals surface area contributed by atoms with Gasteiger partial charge in [-0.2, -0.15) is 0 Å². The van der Waals surface area contributed by atoms with Crippen LogP contribution in [0.1, 0.15) is 21.7 Å². The molecule has 3 aromatic rings. The summed E-state index contributed by atoms with van der Waals surface area (Å²) < 4.78 is 8.03. The van der Waals surface area contributed by atoms with Crippen molar-refractivity contribution in [3.05, 3.63) is 57.3 Å². The van der Waals surface area contributed by atoms with Crippen molar-refractivity contribution in [2.24, 2.45) is 7.05 Å². The lowest BCUT2D eigenvalue weighted by molar-refractivity contribution is -0.120. The van der Waals surface area contributed by atoms with Crippen LogP contribution in [0.25, 0.3) is 21.2 Å². The average Bonchev–Trinajstić information content (AvgIpc) is 3.21. The zero-order chi connectivity index (χ0) is 24.9. The molecule has 3 heterocycles. The Labute approximate surface area is 209 Å². The van der Waals surface area contributed by atoms with Crippen LogP contribution in [0.3, 0.4) is 0 Å². The average molecular weight is 497 g/mol. The first kappa shape index (κ1) is 25.1. The lowest BCUT2D eigenvalue weighted by Gasteiger charge is -2.30. The van der Waals surface area contributed by atoms with E-state index in [-0.39, 0.29) is 23.8 Å². The van der Waals surface area contributed by atoms with Crippen LogP contribution in [0.5, 0.6) is 0 Å². The van der Waals surface area contributed by atoms with Gasteiger partial charge in [-0.05, 0) is 47.2 Å². The second-order valence-electron chi connectivity index (χ2n) is 8.80. The molecular weight excluding hydrogens is 464 g/mol. The molecule has 0 bridgehead atoms. The number of nitrogens with one attached hydrogen (secondary N) is 1. The summed E-state index contributed by atoms with van der Waals surface area (Å²) in [6.45, 7) is 6.80. The van der Waals surface area contributed by atoms with Gasteiger partial charge in [-0.1, -0.05) is 6.07 Å². The highest BCUT2D eigenvalue weighted by molar-refractivity contribution is 7.21. The third-order valence-electron chi connectivity index (χ3n) is 6.51. The van der Waals surface area contributed by atoms with Gasteiger partial charge in [0.2, 0.25) is 11.5 Å². The fourth-order valence-corrected chi connectivity index (χ4v) is 5.43. The maximum absolute atomic E-state index is 13.7. The standard InChI is InChI=1S/C26H32N4O4S/c1-18-21-16-19(20-5-7-24(32)28(3)17-20)4-6-22(21)35-25(18)26(33)30(9-8-23(31)27-2)11-10-29-12-14-34-15-13-29/h4-7,16-17H,8-15H2,1-3H3,(H,27,31). The molecule has 9 heteroatoms. The van der Waals surface area contributed by atoms with Crippen molar-refractivity contribution in [1.82, 2.24) is 19.7 Å². The molecule has 2 aromatic heterocycles. The third kappa shape index (κ3) is 5.80. The first-order valence-corrected chi connectivity index (χ1v) is 12.7. The summed E-state index contributed by atoms with van der Waals surface area (Å²) in [4.78, 5) is 42.1. The molecule has 1 aromatic carbocycles. The van der Waals surface area contributed by atoms with Gasteiger partial charge in [0.1, 0.15) is 0 Å². The lowest BCUT2D eigenvalue weighted by atomic mass is 10.0. The molecule has 0 spiro atoms. The number of pyridine rings is 1. The number of amides is 2. The van der Waals surface area contributed by atoms with Crippen LogP contribution < -0.4 is 10.9 Å². The van der Waals surface area contributed by atoms with Crippen LogP contribution >= 0.6 is 11.3 Å². The van der Waals surface area contributed by atoms with Crippen LogP contribution in [0.15, 0.2) is 41.3 Å². The number of morpholine rings is 1. The molecule has 1 N–H and O–H groups in total. The van der Waals surface area contributed by atoms with Crippen molar-refractivity contribution >= 4 is 33.2 Å². The van der Waals surface area contributed by atoms with Gasteiger partial charge in [0.15, 0.2) is 0 Å². The predicted octanol–water partition coefficient (Wildman–Crippen LogP) is 2.49. The SMILES string of the molecule is CNC(=O)CCN(CCN1CCOCC1)C(=O)c1sc2ccc(-c3ccc(=O)n(C)c3)cc2c1C. The Morgan fingerprint density at radius 1 is 1.11 bits per heavy atom. The highest BCUT2D eigenvalue weighted by Crippen LogP contribution is 2.34. The summed E-state index contributed by atoms with van der Waals surface area (Å²) in [5.41, 5.74) is 2.84. The van der Waals surface area contributed by atoms with Crippen molar-refractivity contribution in [1.29, 1.82) is 0 Å². The number of aromatic nitrogens is 1. The van der Waals surface area contributed by atoms with Gasteiger partial charge in [-0.25, -0.2) is 0 Å². The number of thiophene rings is 1. The maximum atomic E-state index is 13.7. The summed E-state index contributed by atoms with van der Waals surface area (Å²) in [6.07, 6.45) is 2.09.